The van der Waals surface area contributed by atoms with Crippen LogP contribution < -0.4 is 18.9 Å². The van der Waals surface area contributed by atoms with Crippen LogP contribution in [0.15, 0.2) is 24.3 Å². The first kappa shape index (κ1) is 20.7. The van der Waals surface area contributed by atoms with E-state index in [4.69, 9.17) is 18.9 Å². The largest absolute Gasteiger partial charge is 0.493 e. The second kappa shape index (κ2) is 8.99. The van der Waals surface area contributed by atoms with E-state index in [-0.39, 0.29) is 18.2 Å². The number of benzene rings is 2. The third-order valence-electron chi connectivity index (χ3n) is 5.18. The maximum atomic E-state index is 12.5. The van der Waals surface area contributed by atoms with Crippen LogP contribution in [0.3, 0.4) is 0 Å². The Kier molecular flexibility index (Phi) is 6.42. The first-order valence-corrected chi connectivity index (χ1v) is 9.63. The molecule has 0 spiro atoms. The summed E-state index contributed by atoms with van der Waals surface area (Å²) in [7, 11) is 4.64. The predicted molar refractivity (Wildman–Crippen MR) is 109 cm³/mol. The van der Waals surface area contributed by atoms with Gasteiger partial charge in [0.15, 0.2) is 17.3 Å². The van der Waals surface area contributed by atoms with E-state index in [1.807, 2.05) is 25.1 Å². The minimum absolute atomic E-state index is 0.0439. The topological polar surface area (TPSA) is 71.1 Å². The summed E-state index contributed by atoms with van der Waals surface area (Å²) >= 11 is 0. The van der Waals surface area contributed by atoms with Gasteiger partial charge in [-0.25, -0.2) is 0 Å². The molecule has 0 amide bonds. The zero-order chi connectivity index (χ0) is 21.0. The van der Waals surface area contributed by atoms with Crippen LogP contribution in [-0.4, -0.2) is 33.1 Å². The summed E-state index contributed by atoms with van der Waals surface area (Å²) in [4.78, 5) is 24.9. The minimum Gasteiger partial charge on any atom is -0.493 e. The van der Waals surface area contributed by atoms with E-state index in [1.54, 1.807) is 27.4 Å². The van der Waals surface area contributed by atoms with Crippen molar-refractivity contribution in [2.24, 2.45) is 0 Å². The van der Waals surface area contributed by atoms with Gasteiger partial charge in [0.05, 0.1) is 26.9 Å². The molecule has 3 rings (SSSR count). The number of carbonyl (C=O) groups excluding carboxylic acids is 2. The fourth-order valence-corrected chi connectivity index (χ4v) is 3.69. The normalized spacial score (nSPS) is 12.9. The molecule has 1 aliphatic rings. The molecule has 0 aromatic heterocycles. The molecule has 0 heterocycles. The van der Waals surface area contributed by atoms with E-state index < -0.39 is 0 Å². The molecule has 1 aliphatic carbocycles. The number of methoxy groups -OCH3 is 3. The van der Waals surface area contributed by atoms with Crippen LogP contribution in [0.1, 0.15) is 46.3 Å². The average Bonchev–Trinajstić information content (AvgIpc) is 2.73. The molecule has 0 bridgehead atoms. The van der Waals surface area contributed by atoms with Crippen LogP contribution in [0, 0.1) is 6.92 Å². The van der Waals surface area contributed by atoms with Gasteiger partial charge < -0.3 is 18.9 Å². The molecule has 0 fully saturated rings. The molecule has 0 saturated carbocycles. The van der Waals surface area contributed by atoms with Gasteiger partial charge in [0.25, 0.3) is 0 Å². The van der Waals surface area contributed by atoms with Gasteiger partial charge in [-0.05, 0) is 61.1 Å². The van der Waals surface area contributed by atoms with Crippen molar-refractivity contribution in [3.8, 4) is 23.0 Å². The van der Waals surface area contributed by atoms with Gasteiger partial charge in [-0.1, -0.05) is 6.07 Å². The number of ether oxygens (including phenoxy) is 4. The van der Waals surface area contributed by atoms with Crippen molar-refractivity contribution in [2.45, 2.75) is 39.0 Å². The SMILES string of the molecule is COc1cc(CCC(=O)Oc2ccc(C)c3c2C(=O)CCC3)cc(OC)c1OC. The van der Waals surface area contributed by atoms with Crippen molar-refractivity contribution < 1.29 is 28.5 Å². The Hall–Kier alpha value is -3.02. The summed E-state index contributed by atoms with van der Waals surface area (Å²) < 4.78 is 21.6. The lowest BCUT2D eigenvalue weighted by Crippen LogP contribution is -2.17. The van der Waals surface area contributed by atoms with Gasteiger partial charge in [-0.15, -0.1) is 0 Å². The highest BCUT2D eigenvalue weighted by molar-refractivity contribution is 6.02. The summed E-state index contributed by atoms with van der Waals surface area (Å²) in [6.07, 6.45) is 2.77. The quantitative estimate of drug-likeness (QED) is 0.517. The number of fused-ring (bicyclic) bond motifs is 1. The fourth-order valence-electron chi connectivity index (χ4n) is 3.69. The van der Waals surface area contributed by atoms with Crippen molar-refractivity contribution in [1.82, 2.24) is 0 Å². The number of rotatable bonds is 7. The molecule has 2 aromatic carbocycles. The zero-order valence-corrected chi connectivity index (χ0v) is 17.3. The van der Waals surface area contributed by atoms with Gasteiger partial charge in [0.1, 0.15) is 5.75 Å². The summed E-state index contributed by atoms with van der Waals surface area (Å²) in [6, 6.07) is 7.24. The second-order valence-corrected chi connectivity index (χ2v) is 7.02. The van der Waals surface area contributed by atoms with Crippen molar-refractivity contribution in [3.63, 3.8) is 0 Å². The molecule has 0 saturated heterocycles. The van der Waals surface area contributed by atoms with E-state index in [9.17, 15) is 9.59 Å². The van der Waals surface area contributed by atoms with Crippen LogP contribution >= 0.6 is 0 Å². The van der Waals surface area contributed by atoms with Crippen molar-refractivity contribution in [2.75, 3.05) is 21.3 Å². The number of esters is 1. The van der Waals surface area contributed by atoms with E-state index in [2.05, 4.69) is 0 Å². The third-order valence-corrected chi connectivity index (χ3v) is 5.18. The van der Waals surface area contributed by atoms with Gasteiger partial charge in [0.2, 0.25) is 5.75 Å². The number of ketones is 1. The van der Waals surface area contributed by atoms with Crippen LogP contribution in [0.4, 0.5) is 0 Å². The lowest BCUT2D eigenvalue weighted by Gasteiger charge is -2.20. The highest BCUT2D eigenvalue weighted by Crippen LogP contribution is 2.38. The Morgan fingerprint density at radius 1 is 0.966 bits per heavy atom. The van der Waals surface area contributed by atoms with Crippen LogP contribution in [-0.2, 0) is 17.6 Å². The highest BCUT2D eigenvalue weighted by Gasteiger charge is 2.24. The van der Waals surface area contributed by atoms with Gasteiger partial charge in [-0.2, -0.15) is 0 Å². The third kappa shape index (κ3) is 4.36. The summed E-state index contributed by atoms with van der Waals surface area (Å²) in [5.41, 5.74) is 3.48. The molecule has 29 heavy (non-hydrogen) atoms. The first-order chi connectivity index (χ1) is 14.0. The van der Waals surface area contributed by atoms with Crippen LogP contribution in [0.5, 0.6) is 23.0 Å². The lowest BCUT2D eigenvalue weighted by molar-refractivity contribution is -0.134. The molecule has 0 N–H and O–H groups in total. The Bertz CT molecular complexity index is 906. The molecule has 0 radical (unpaired) electrons. The van der Waals surface area contributed by atoms with E-state index >= 15 is 0 Å². The average molecular weight is 398 g/mol. The number of hydrogen-bond acceptors (Lipinski definition) is 6. The molecular weight excluding hydrogens is 372 g/mol. The molecule has 0 unspecified atom stereocenters. The monoisotopic (exact) mass is 398 g/mol. The number of Topliss-reactive ketones (excluding diaryl/α,β-unsaturated/α-hetero) is 1. The predicted octanol–water partition coefficient (Wildman–Crippen LogP) is 4.08. The fraction of sp³-hybridized carbons (Fsp3) is 0.391. The van der Waals surface area contributed by atoms with Crippen molar-refractivity contribution in [1.29, 1.82) is 0 Å². The molecule has 0 atom stereocenters. The van der Waals surface area contributed by atoms with E-state index in [0.717, 1.165) is 29.5 Å². The number of aryl methyl sites for hydroxylation is 2. The summed E-state index contributed by atoms with van der Waals surface area (Å²) in [6.45, 7) is 1.98. The molecule has 0 aliphatic heterocycles. The Labute approximate surface area is 170 Å². The van der Waals surface area contributed by atoms with Crippen molar-refractivity contribution in [3.05, 3.63) is 46.5 Å². The van der Waals surface area contributed by atoms with Crippen molar-refractivity contribution >= 4 is 11.8 Å². The van der Waals surface area contributed by atoms with Crippen LogP contribution in [0.25, 0.3) is 0 Å². The number of hydrogen-bond donors (Lipinski definition) is 0. The first-order valence-electron chi connectivity index (χ1n) is 9.63. The molecule has 6 nitrogen and oxygen atoms in total. The van der Waals surface area contributed by atoms with Gasteiger partial charge >= 0.3 is 5.97 Å². The summed E-state index contributed by atoms with van der Waals surface area (Å²) in [5.74, 6) is 1.60. The minimum atomic E-state index is -0.386. The highest BCUT2D eigenvalue weighted by atomic mass is 16.5. The molecule has 2 aromatic rings. The maximum absolute atomic E-state index is 12.5. The molecule has 154 valence electrons. The van der Waals surface area contributed by atoms with Gasteiger partial charge in [0, 0.05) is 12.8 Å². The van der Waals surface area contributed by atoms with Crippen LogP contribution in [0.2, 0.25) is 0 Å². The zero-order valence-electron chi connectivity index (χ0n) is 17.3. The lowest BCUT2D eigenvalue weighted by atomic mass is 9.87. The second-order valence-electron chi connectivity index (χ2n) is 7.02. The number of carbonyl (C=O) groups is 2. The smallest absolute Gasteiger partial charge is 0.311 e. The Morgan fingerprint density at radius 2 is 1.66 bits per heavy atom. The molecular formula is C23H26O6. The molecule has 6 heteroatoms. The van der Waals surface area contributed by atoms with Gasteiger partial charge in [-0.3, -0.25) is 9.59 Å². The summed E-state index contributed by atoms with van der Waals surface area (Å²) in [5, 5.41) is 0. The Balaban J connectivity index is 1.74. The van der Waals surface area contributed by atoms with E-state index in [1.165, 1.54) is 0 Å². The maximum Gasteiger partial charge on any atom is 0.311 e. The standard InChI is InChI=1S/C23H26O6/c1-14-8-10-18(22-16(14)6-5-7-17(22)24)29-21(25)11-9-15-12-19(26-2)23(28-4)20(13-15)27-3/h8,10,12-13H,5-7,9,11H2,1-4H3. The van der Waals surface area contributed by atoms with E-state index in [0.29, 0.717) is 41.4 Å². The Morgan fingerprint density at radius 3 is 2.28 bits per heavy atom.